The number of nitrogens with zero attached hydrogens (tertiary/aromatic N) is 1. The summed E-state index contributed by atoms with van der Waals surface area (Å²) in [6.07, 6.45) is 1.65. The molecule has 0 saturated carbocycles. The predicted molar refractivity (Wildman–Crippen MR) is 80.3 cm³/mol. The van der Waals surface area contributed by atoms with Crippen molar-refractivity contribution in [2.24, 2.45) is 0 Å². The van der Waals surface area contributed by atoms with E-state index in [1.165, 1.54) is 6.07 Å². The van der Waals surface area contributed by atoms with Crippen molar-refractivity contribution in [3.63, 3.8) is 0 Å². The molecule has 2 aromatic rings. The molecular formula is C14H16N2O3S. The number of anilines is 1. The van der Waals surface area contributed by atoms with Gasteiger partial charge >= 0.3 is 0 Å². The van der Waals surface area contributed by atoms with Gasteiger partial charge in [0.25, 0.3) is 5.69 Å². The Morgan fingerprint density at radius 1 is 1.40 bits per heavy atom. The van der Waals surface area contributed by atoms with Gasteiger partial charge in [0.15, 0.2) is 0 Å². The minimum absolute atomic E-state index is 0.119. The lowest BCUT2D eigenvalue weighted by Gasteiger charge is -2.10. The smallest absolute Gasteiger partial charge is 0.292 e. The number of hydrogen-bond donors (Lipinski definition) is 1. The van der Waals surface area contributed by atoms with Gasteiger partial charge in [-0.05, 0) is 25.5 Å². The van der Waals surface area contributed by atoms with E-state index in [1.807, 2.05) is 26.0 Å². The molecule has 0 unspecified atom stereocenters. The summed E-state index contributed by atoms with van der Waals surface area (Å²) < 4.78 is 5.25. The number of nitro groups is 1. The number of benzene rings is 1. The van der Waals surface area contributed by atoms with Crippen molar-refractivity contribution in [3.05, 3.63) is 52.0 Å². The fraction of sp³-hybridized carbons (Fsp3) is 0.286. The molecule has 0 aliphatic heterocycles. The Morgan fingerprint density at radius 3 is 2.80 bits per heavy atom. The predicted octanol–water partition coefficient (Wildman–Crippen LogP) is 4.22. The SMILES string of the molecule is CCNc1c(CSc2ccoc2C)cccc1[N+](=O)[O-]. The van der Waals surface area contributed by atoms with Crippen LogP contribution in [0.4, 0.5) is 11.4 Å². The fourth-order valence-corrected chi connectivity index (χ4v) is 2.87. The summed E-state index contributed by atoms with van der Waals surface area (Å²) in [5, 5.41) is 14.2. The summed E-state index contributed by atoms with van der Waals surface area (Å²) >= 11 is 1.61. The number of nitro benzene ring substituents is 1. The number of aryl methyl sites for hydroxylation is 1. The van der Waals surface area contributed by atoms with Crippen LogP contribution in [0.2, 0.25) is 0 Å². The van der Waals surface area contributed by atoms with Crippen LogP contribution in [0.1, 0.15) is 18.2 Å². The summed E-state index contributed by atoms with van der Waals surface area (Å²) in [4.78, 5) is 11.8. The molecule has 6 heteroatoms. The van der Waals surface area contributed by atoms with E-state index in [9.17, 15) is 10.1 Å². The van der Waals surface area contributed by atoms with E-state index >= 15 is 0 Å². The van der Waals surface area contributed by atoms with Crippen molar-refractivity contribution in [3.8, 4) is 0 Å². The Hall–Kier alpha value is -1.95. The third-order valence-electron chi connectivity index (χ3n) is 2.87. The van der Waals surface area contributed by atoms with Crippen LogP contribution in [0, 0.1) is 17.0 Å². The molecule has 0 aliphatic carbocycles. The lowest BCUT2D eigenvalue weighted by Crippen LogP contribution is -2.04. The van der Waals surface area contributed by atoms with Crippen LogP contribution in [0.5, 0.6) is 0 Å². The van der Waals surface area contributed by atoms with E-state index in [0.717, 1.165) is 16.2 Å². The van der Waals surface area contributed by atoms with Crippen molar-refractivity contribution >= 4 is 23.1 Å². The van der Waals surface area contributed by atoms with Gasteiger partial charge < -0.3 is 9.73 Å². The first kappa shape index (κ1) is 14.5. The summed E-state index contributed by atoms with van der Waals surface area (Å²) in [6, 6.07) is 7.06. The number of furan rings is 1. The zero-order valence-corrected chi connectivity index (χ0v) is 12.2. The lowest BCUT2D eigenvalue weighted by atomic mass is 10.1. The second-order valence-corrected chi connectivity index (χ2v) is 5.25. The first-order valence-corrected chi connectivity index (χ1v) is 7.29. The van der Waals surface area contributed by atoms with Crippen molar-refractivity contribution in [1.82, 2.24) is 0 Å². The van der Waals surface area contributed by atoms with Gasteiger partial charge in [0.1, 0.15) is 11.4 Å². The molecule has 1 heterocycles. The Kier molecular flexibility index (Phi) is 4.68. The van der Waals surface area contributed by atoms with Gasteiger partial charge in [-0.25, -0.2) is 0 Å². The van der Waals surface area contributed by atoms with E-state index in [2.05, 4.69) is 5.32 Å². The molecule has 0 saturated heterocycles. The molecule has 1 aromatic heterocycles. The molecule has 0 aliphatic rings. The molecule has 0 spiro atoms. The molecule has 106 valence electrons. The largest absolute Gasteiger partial charge is 0.468 e. The number of rotatable bonds is 6. The van der Waals surface area contributed by atoms with E-state index in [-0.39, 0.29) is 10.6 Å². The number of nitrogens with one attached hydrogen (secondary N) is 1. The average molecular weight is 292 g/mol. The Balaban J connectivity index is 2.24. The van der Waals surface area contributed by atoms with Gasteiger partial charge in [-0.2, -0.15) is 0 Å². The van der Waals surface area contributed by atoms with Gasteiger partial charge in [-0.15, -0.1) is 11.8 Å². The van der Waals surface area contributed by atoms with Crippen LogP contribution in [0.3, 0.4) is 0 Å². The highest BCUT2D eigenvalue weighted by Crippen LogP contribution is 2.34. The highest BCUT2D eigenvalue weighted by molar-refractivity contribution is 7.98. The van der Waals surface area contributed by atoms with Gasteiger partial charge in [0.2, 0.25) is 0 Å². The molecule has 2 rings (SSSR count). The standard InChI is InChI=1S/C14H16N2O3S/c1-3-15-14-11(5-4-6-12(14)16(17)18)9-20-13-7-8-19-10(13)2/h4-8,15H,3,9H2,1-2H3. The highest BCUT2D eigenvalue weighted by atomic mass is 32.2. The first-order chi connectivity index (χ1) is 9.63. The summed E-state index contributed by atoms with van der Waals surface area (Å²) in [5.41, 5.74) is 1.65. The second-order valence-electron chi connectivity index (χ2n) is 4.23. The molecule has 1 aromatic carbocycles. The van der Waals surface area contributed by atoms with E-state index in [1.54, 1.807) is 24.1 Å². The minimum Gasteiger partial charge on any atom is -0.468 e. The zero-order chi connectivity index (χ0) is 14.5. The summed E-state index contributed by atoms with van der Waals surface area (Å²) in [7, 11) is 0. The van der Waals surface area contributed by atoms with Crippen molar-refractivity contribution in [2.75, 3.05) is 11.9 Å². The van der Waals surface area contributed by atoms with Crippen LogP contribution < -0.4 is 5.32 Å². The van der Waals surface area contributed by atoms with Crippen molar-refractivity contribution in [1.29, 1.82) is 0 Å². The number of hydrogen-bond acceptors (Lipinski definition) is 5. The molecule has 0 radical (unpaired) electrons. The zero-order valence-electron chi connectivity index (χ0n) is 11.4. The van der Waals surface area contributed by atoms with Crippen LogP contribution >= 0.6 is 11.8 Å². The summed E-state index contributed by atoms with van der Waals surface area (Å²) in [5.74, 6) is 1.52. The maximum Gasteiger partial charge on any atom is 0.292 e. The quantitative estimate of drug-likeness (QED) is 0.490. The van der Waals surface area contributed by atoms with Crippen molar-refractivity contribution < 1.29 is 9.34 Å². The topological polar surface area (TPSA) is 68.3 Å². The normalized spacial score (nSPS) is 10.5. The maximum atomic E-state index is 11.1. The number of para-hydroxylation sites is 1. The molecule has 0 bridgehead atoms. The third-order valence-corrected chi connectivity index (χ3v) is 4.06. The number of thioether (sulfide) groups is 1. The molecule has 0 fully saturated rings. The molecule has 0 atom stereocenters. The Bertz CT molecular complexity index is 610. The summed E-state index contributed by atoms with van der Waals surface area (Å²) in [6.45, 7) is 4.47. The van der Waals surface area contributed by atoms with E-state index < -0.39 is 0 Å². The fourth-order valence-electron chi connectivity index (χ4n) is 1.92. The van der Waals surface area contributed by atoms with Crippen LogP contribution in [-0.2, 0) is 5.75 Å². The van der Waals surface area contributed by atoms with Gasteiger partial charge in [-0.3, -0.25) is 10.1 Å². The maximum absolute atomic E-state index is 11.1. The molecular weight excluding hydrogens is 276 g/mol. The highest BCUT2D eigenvalue weighted by Gasteiger charge is 2.17. The minimum atomic E-state index is -0.352. The third kappa shape index (κ3) is 3.14. The van der Waals surface area contributed by atoms with Gasteiger partial charge in [0, 0.05) is 23.3 Å². The molecule has 5 nitrogen and oxygen atoms in total. The second kappa shape index (κ2) is 6.47. The monoisotopic (exact) mass is 292 g/mol. The average Bonchev–Trinajstić information content (AvgIpc) is 2.83. The van der Waals surface area contributed by atoms with Gasteiger partial charge in [0.05, 0.1) is 11.2 Å². The molecule has 1 N–H and O–H groups in total. The van der Waals surface area contributed by atoms with Gasteiger partial charge in [-0.1, -0.05) is 12.1 Å². The molecule has 20 heavy (non-hydrogen) atoms. The van der Waals surface area contributed by atoms with Crippen LogP contribution in [-0.4, -0.2) is 11.5 Å². The van der Waals surface area contributed by atoms with Crippen molar-refractivity contribution in [2.45, 2.75) is 24.5 Å². The lowest BCUT2D eigenvalue weighted by molar-refractivity contribution is -0.384. The van der Waals surface area contributed by atoms with Crippen LogP contribution in [0.15, 0.2) is 39.8 Å². The molecule has 0 amide bonds. The Morgan fingerprint density at radius 2 is 2.20 bits per heavy atom. The van der Waals surface area contributed by atoms with E-state index in [0.29, 0.717) is 18.0 Å². The van der Waals surface area contributed by atoms with Crippen LogP contribution in [0.25, 0.3) is 0 Å². The Labute approximate surface area is 121 Å². The van der Waals surface area contributed by atoms with E-state index in [4.69, 9.17) is 4.42 Å². The first-order valence-electron chi connectivity index (χ1n) is 6.30.